The minimum Gasteiger partial charge on any atom is -0.489 e. The van der Waals surface area contributed by atoms with E-state index in [2.05, 4.69) is 4.98 Å². The molecule has 4 rings (SSSR count). The van der Waals surface area contributed by atoms with Crippen LogP contribution in [0.2, 0.25) is 0 Å². The van der Waals surface area contributed by atoms with Gasteiger partial charge >= 0.3 is 0 Å². The Kier molecular flexibility index (Phi) is 5.72. The normalized spacial score (nSPS) is 16.9. The number of carbonyl (C=O) groups is 1. The van der Waals surface area contributed by atoms with Crippen LogP contribution < -0.4 is 15.4 Å². The van der Waals surface area contributed by atoms with Crippen LogP contribution in [-0.2, 0) is 9.53 Å². The van der Waals surface area contributed by atoms with E-state index in [1.165, 1.54) is 12.3 Å². The van der Waals surface area contributed by atoms with Crippen LogP contribution in [0.4, 0.5) is 5.69 Å². The molecule has 2 aromatic carbocycles. The zero-order valence-corrected chi connectivity index (χ0v) is 16.3. The summed E-state index contributed by atoms with van der Waals surface area (Å²) in [6.45, 7) is 0.712. The first-order valence-corrected chi connectivity index (χ1v) is 9.62. The van der Waals surface area contributed by atoms with Gasteiger partial charge in [0.25, 0.3) is 5.91 Å². The van der Waals surface area contributed by atoms with Crippen molar-refractivity contribution in [1.29, 1.82) is 5.41 Å². The van der Waals surface area contributed by atoms with Gasteiger partial charge in [-0.2, -0.15) is 0 Å². The summed E-state index contributed by atoms with van der Waals surface area (Å²) in [5, 5.41) is 8.98. The van der Waals surface area contributed by atoms with Gasteiger partial charge in [-0.15, -0.1) is 0 Å². The molecular weight excluding hydrogens is 380 g/mol. The summed E-state index contributed by atoms with van der Waals surface area (Å²) >= 11 is 0. The Bertz CT molecular complexity index is 1100. The fourth-order valence-electron chi connectivity index (χ4n) is 3.45. The van der Waals surface area contributed by atoms with Crippen molar-refractivity contribution < 1.29 is 14.3 Å². The molecule has 1 aliphatic rings. The number of benzene rings is 2. The van der Waals surface area contributed by atoms with Crippen molar-refractivity contribution in [2.75, 3.05) is 24.7 Å². The van der Waals surface area contributed by atoms with Crippen molar-refractivity contribution in [2.24, 2.45) is 5.73 Å². The first-order valence-electron chi connectivity index (χ1n) is 9.62. The molecule has 1 saturated heterocycles. The third-order valence-corrected chi connectivity index (χ3v) is 4.91. The van der Waals surface area contributed by atoms with Crippen LogP contribution in [0.3, 0.4) is 0 Å². The predicted octanol–water partition coefficient (Wildman–Crippen LogP) is 2.89. The molecule has 3 aromatic rings. The number of nitrogens with one attached hydrogen (secondary N) is 1. The molecule has 152 valence electrons. The fourth-order valence-corrected chi connectivity index (χ4v) is 3.45. The number of carbonyl (C=O) groups excluding carboxylic acids is 1. The Morgan fingerprint density at radius 1 is 1.23 bits per heavy atom. The molecule has 0 aliphatic carbocycles. The van der Waals surface area contributed by atoms with Gasteiger partial charge in [-0.05, 0) is 42.6 Å². The van der Waals surface area contributed by atoms with Gasteiger partial charge in [-0.1, -0.05) is 24.3 Å². The number of nitrogens with zero attached hydrogens (tertiary/aromatic N) is 2. The minimum absolute atomic E-state index is 0.0173. The molecule has 0 radical (unpaired) electrons. The average molecular weight is 402 g/mol. The second kappa shape index (κ2) is 8.75. The lowest BCUT2D eigenvalue weighted by Crippen LogP contribution is -2.48. The van der Waals surface area contributed by atoms with Gasteiger partial charge in [0.2, 0.25) is 0 Å². The summed E-state index contributed by atoms with van der Waals surface area (Å²) < 4.78 is 11.7. The lowest BCUT2D eigenvalue weighted by molar-refractivity contribution is -0.130. The highest BCUT2D eigenvalue weighted by molar-refractivity contribution is 6.15. The van der Waals surface area contributed by atoms with Gasteiger partial charge in [-0.3, -0.25) is 9.78 Å². The number of aromatic nitrogens is 1. The molecule has 2 heterocycles. The summed E-state index contributed by atoms with van der Waals surface area (Å²) in [5.41, 5.74) is 7.97. The smallest absolute Gasteiger partial charge is 0.253 e. The van der Waals surface area contributed by atoms with Crippen molar-refractivity contribution in [2.45, 2.75) is 6.10 Å². The van der Waals surface area contributed by atoms with Gasteiger partial charge in [-0.25, -0.2) is 0 Å². The SMILES string of the molecule is N=C(/C=C\N)c1ccc(OC[C@@H]2CN(c3ccccc3)C(=O)CO2)c2ncccc12. The topological polar surface area (TPSA) is 102 Å². The van der Waals surface area contributed by atoms with Crippen LogP contribution in [-0.4, -0.2) is 42.5 Å². The van der Waals surface area contributed by atoms with Crippen molar-refractivity contribution in [3.8, 4) is 5.75 Å². The van der Waals surface area contributed by atoms with E-state index in [0.29, 0.717) is 23.5 Å². The third-order valence-electron chi connectivity index (χ3n) is 4.91. The standard InChI is InChI=1S/C23H22N4O3/c24-11-10-20(25)18-8-9-21(23-19(18)7-4-12-26-23)30-14-17-13-27(22(28)15-29-17)16-5-2-1-3-6-16/h1-12,17,25H,13-15,24H2/b11-10-,25-20?/t17-/m0/s1. The minimum atomic E-state index is -0.264. The molecule has 1 fully saturated rings. The average Bonchev–Trinajstić information content (AvgIpc) is 2.79. The highest BCUT2D eigenvalue weighted by Gasteiger charge is 2.28. The molecule has 0 unspecified atom stereocenters. The maximum Gasteiger partial charge on any atom is 0.253 e. The summed E-state index contributed by atoms with van der Waals surface area (Å²) in [7, 11) is 0. The van der Waals surface area contributed by atoms with Gasteiger partial charge in [0, 0.05) is 22.8 Å². The van der Waals surface area contributed by atoms with Crippen LogP contribution in [0.25, 0.3) is 10.9 Å². The van der Waals surface area contributed by atoms with Crippen molar-refractivity contribution >= 4 is 28.2 Å². The van der Waals surface area contributed by atoms with E-state index in [4.69, 9.17) is 20.6 Å². The zero-order valence-electron chi connectivity index (χ0n) is 16.3. The van der Waals surface area contributed by atoms with E-state index in [1.807, 2.05) is 48.5 Å². The summed E-state index contributed by atoms with van der Waals surface area (Å²) in [6.07, 6.45) is 4.30. The van der Waals surface area contributed by atoms with Crippen molar-refractivity contribution in [3.05, 3.63) is 78.6 Å². The van der Waals surface area contributed by atoms with E-state index in [1.54, 1.807) is 17.2 Å². The van der Waals surface area contributed by atoms with E-state index >= 15 is 0 Å². The van der Waals surface area contributed by atoms with E-state index in [9.17, 15) is 4.79 Å². The Morgan fingerprint density at radius 2 is 2.07 bits per heavy atom. The second-order valence-electron chi connectivity index (χ2n) is 6.87. The Morgan fingerprint density at radius 3 is 2.87 bits per heavy atom. The lowest BCUT2D eigenvalue weighted by Gasteiger charge is -2.32. The van der Waals surface area contributed by atoms with Crippen molar-refractivity contribution in [1.82, 2.24) is 4.98 Å². The monoisotopic (exact) mass is 402 g/mol. The number of rotatable bonds is 6. The zero-order chi connectivity index (χ0) is 20.9. The highest BCUT2D eigenvalue weighted by atomic mass is 16.5. The van der Waals surface area contributed by atoms with E-state index in [-0.39, 0.29) is 25.2 Å². The molecule has 0 spiro atoms. The number of hydrogen-bond donors (Lipinski definition) is 2. The number of fused-ring (bicyclic) bond motifs is 1. The number of anilines is 1. The molecule has 3 N–H and O–H groups in total. The van der Waals surface area contributed by atoms with Gasteiger partial charge in [0.05, 0.1) is 12.3 Å². The molecule has 1 aliphatic heterocycles. The number of para-hydroxylation sites is 1. The third kappa shape index (κ3) is 4.01. The van der Waals surface area contributed by atoms with Crippen LogP contribution in [0.1, 0.15) is 5.56 Å². The molecule has 1 aromatic heterocycles. The molecule has 7 heteroatoms. The molecule has 7 nitrogen and oxygen atoms in total. The lowest BCUT2D eigenvalue weighted by atomic mass is 10.0. The number of hydrogen-bond acceptors (Lipinski definition) is 6. The van der Waals surface area contributed by atoms with Gasteiger partial charge < -0.3 is 25.5 Å². The van der Waals surface area contributed by atoms with Gasteiger partial charge in [0.1, 0.15) is 30.6 Å². The number of amides is 1. The van der Waals surface area contributed by atoms with E-state index < -0.39 is 0 Å². The number of pyridine rings is 1. The summed E-state index contributed by atoms with van der Waals surface area (Å²) in [4.78, 5) is 18.4. The maximum absolute atomic E-state index is 12.3. The van der Waals surface area contributed by atoms with Crippen LogP contribution in [0, 0.1) is 5.41 Å². The van der Waals surface area contributed by atoms with E-state index in [0.717, 1.165) is 16.6 Å². The number of nitrogens with two attached hydrogens (primary N) is 1. The molecule has 1 amide bonds. The second-order valence-corrected chi connectivity index (χ2v) is 6.87. The Hall–Kier alpha value is -3.71. The maximum atomic E-state index is 12.3. The van der Waals surface area contributed by atoms with Gasteiger partial charge in [0.15, 0.2) is 0 Å². The fraction of sp³-hybridized carbons (Fsp3) is 0.174. The van der Waals surface area contributed by atoms with Crippen LogP contribution in [0.15, 0.2) is 73.1 Å². The molecular formula is C23H22N4O3. The summed E-state index contributed by atoms with van der Waals surface area (Å²) in [6, 6.07) is 16.9. The largest absolute Gasteiger partial charge is 0.489 e. The number of morpholine rings is 1. The highest BCUT2D eigenvalue weighted by Crippen LogP contribution is 2.28. The first-order chi connectivity index (χ1) is 14.7. The van der Waals surface area contributed by atoms with Crippen LogP contribution in [0.5, 0.6) is 5.75 Å². The van der Waals surface area contributed by atoms with Crippen LogP contribution >= 0.6 is 0 Å². The molecule has 0 saturated carbocycles. The van der Waals surface area contributed by atoms with Crippen molar-refractivity contribution in [3.63, 3.8) is 0 Å². The Balaban J connectivity index is 1.52. The quantitative estimate of drug-likeness (QED) is 0.618. The number of ether oxygens (including phenoxy) is 2. The number of allylic oxidation sites excluding steroid dienone is 1. The molecule has 0 bridgehead atoms. The molecule has 30 heavy (non-hydrogen) atoms. The molecule has 1 atom stereocenters. The Labute approximate surface area is 174 Å². The predicted molar refractivity (Wildman–Crippen MR) is 116 cm³/mol. The first kappa shape index (κ1) is 19.6. The summed E-state index contributed by atoms with van der Waals surface area (Å²) in [5.74, 6) is 0.533.